The molecule has 136 valence electrons. The Kier molecular flexibility index (Phi) is 6.22. The van der Waals surface area contributed by atoms with Gasteiger partial charge in [-0.1, -0.05) is 32.6 Å². The topological polar surface area (TPSA) is 42.2 Å². The largest absolute Gasteiger partial charge is 0.351 e. The number of nitrogens with zero attached hydrogens (tertiary/aromatic N) is 1. The summed E-state index contributed by atoms with van der Waals surface area (Å²) in [5, 5.41) is 9.17. The molecule has 0 aromatic heterocycles. The Balaban J connectivity index is 1.40. The fourth-order valence-electron chi connectivity index (χ4n) is 5.20. The van der Waals surface area contributed by atoms with Gasteiger partial charge in [0.1, 0.15) is 5.41 Å². The van der Waals surface area contributed by atoms with Crippen LogP contribution in [0.25, 0.3) is 0 Å². The van der Waals surface area contributed by atoms with Crippen molar-refractivity contribution in [3.05, 3.63) is 0 Å². The van der Waals surface area contributed by atoms with Gasteiger partial charge >= 0.3 is 0 Å². The second-order valence-corrected chi connectivity index (χ2v) is 8.91. The fourth-order valence-corrected chi connectivity index (χ4v) is 5.20. The highest BCUT2D eigenvalue weighted by atomic mass is 16.7. The number of rotatable bonds is 4. The molecule has 0 spiro atoms. The smallest absolute Gasteiger partial charge is 0.160 e. The quantitative estimate of drug-likeness (QED) is 0.701. The molecule has 3 nitrogen and oxygen atoms in total. The van der Waals surface area contributed by atoms with Gasteiger partial charge in [0.05, 0.1) is 19.3 Å². The van der Waals surface area contributed by atoms with Gasteiger partial charge in [-0.05, 0) is 63.2 Å². The van der Waals surface area contributed by atoms with E-state index in [0.717, 1.165) is 17.8 Å². The fraction of sp³-hybridized carbons (Fsp3) is 0.952. The molecule has 0 aromatic rings. The molecule has 0 amide bonds. The first-order valence-electron chi connectivity index (χ1n) is 10.3. The van der Waals surface area contributed by atoms with E-state index < -0.39 is 5.41 Å². The Morgan fingerprint density at radius 3 is 1.88 bits per heavy atom. The van der Waals surface area contributed by atoms with E-state index in [1.54, 1.807) is 0 Å². The Hall–Kier alpha value is -0.590. The van der Waals surface area contributed by atoms with Crippen molar-refractivity contribution in [3.8, 4) is 6.07 Å². The number of hydrogen-bond acceptors (Lipinski definition) is 3. The molecule has 1 aliphatic heterocycles. The maximum Gasteiger partial charge on any atom is 0.160 e. The zero-order valence-corrected chi connectivity index (χ0v) is 15.6. The van der Waals surface area contributed by atoms with E-state index >= 15 is 0 Å². The summed E-state index contributed by atoms with van der Waals surface area (Å²) < 4.78 is 11.8. The van der Waals surface area contributed by atoms with Gasteiger partial charge in [0, 0.05) is 5.92 Å². The van der Waals surface area contributed by atoms with Gasteiger partial charge < -0.3 is 9.47 Å². The molecule has 3 fully saturated rings. The lowest BCUT2D eigenvalue weighted by molar-refractivity contribution is -0.240. The van der Waals surface area contributed by atoms with Gasteiger partial charge in [0.2, 0.25) is 0 Å². The maximum absolute atomic E-state index is 9.17. The molecule has 2 saturated carbocycles. The Morgan fingerprint density at radius 2 is 1.38 bits per heavy atom. The molecule has 24 heavy (non-hydrogen) atoms. The zero-order chi connectivity index (χ0) is 17.0. The van der Waals surface area contributed by atoms with Crippen molar-refractivity contribution in [2.24, 2.45) is 29.1 Å². The summed E-state index contributed by atoms with van der Waals surface area (Å²) in [7, 11) is 0. The number of nitriles is 1. The van der Waals surface area contributed by atoms with Crippen molar-refractivity contribution >= 4 is 0 Å². The zero-order valence-electron chi connectivity index (χ0n) is 15.6. The Labute approximate surface area is 148 Å². The van der Waals surface area contributed by atoms with Crippen LogP contribution in [0.15, 0.2) is 0 Å². The average Bonchev–Trinajstić information content (AvgIpc) is 2.64. The molecule has 3 aliphatic rings. The van der Waals surface area contributed by atoms with E-state index in [0.29, 0.717) is 19.1 Å². The third-order valence-electron chi connectivity index (χ3n) is 6.86. The van der Waals surface area contributed by atoms with Crippen LogP contribution in [-0.2, 0) is 9.47 Å². The van der Waals surface area contributed by atoms with Crippen LogP contribution in [0.2, 0.25) is 0 Å². The molecule has 0 atom stereocenters. The Bertz CT molecular complexity index is 420. The summed E-state index contributed by atoms with van der Waals surface area (Å²) in [6.45, 7) is 5.29. The summed E-state index contributed by atoms with van der Waals surface area (Å²) >= 11 is 0. The molecule has 1 heterocycles. The molecular formula is C21H35NO2. The van der Waals surface area contributed by atoms with Crippen LogP contribution < -0.4 is 0 Å². The van der Waals surface area contributed by atoms with Crippen molar-refractivity contribution in [3.63, 3.8) is 0 Å². The highest BCUT2D eigenvalue weighted by Gasteiger charge is 2.39. The van der Waals surface area contributed by atoms with Crippen LogP contribution in [0, 0.1) is 40.4 Å². The predicted octanol–water partition coefficient (Wildman–Crippen LogP) is 5.30. The van der Waals surface area contributed by atoms with Gasteiger partial charge in [-0.3, -0.25) is 0 Å². The molecule has 2 aliphatic carbocycles. The third kappa shape index (κ3) is 4.33. The summed E-state index contributed by atoms with van der Waals surface area (Å²) in [6, 6.07) is 2.32. The van der Waals surface area contributed by atoms with E-state index in [4.69, 9.17) is 14.7 Å². The minimum Gasteiger partial charge on any atom is -0.351 e. The molecule has 0 N–H and O–H groups in total. The normalized spacial score (nSPS) is 44.0. The van der Waals surface area contributed by atoms with E-state index in [2.05, 4.69) is 13.0 Å². The first kappa shape index (κ1) is 18.2. The van der Waals surface area contributed by atoms with Crippen molar-refractivity contribution in [1.82, 2.24) is 0 Å². The highest BCUT2D eigenvalue weighted by Crippen LogP contribution is 2.43. The van der Waals surface area contributed by atoms with Gasteiger partial charge in [0.25, 0.3) is 0 Å². The molecule has 0 bridgehead atoms. The molecule has 3 heteroatoms. The molecule has 0 aromatic carbocycles. The maximum atomic E-state index is 9.17. The van der Waals surface area contributed by atoms with Crippen LogP contribution in [0.3, 0.4) is 0 Å². The van der Waals surface area contributed by atoms with Crippen LogP contribution in [0.1, 0.15) is 78.1 Å². The van der Waals surface area contributed by atoms with Crippen LogP contribution in [0.5, 0.6) is 0 Å². The van der Waals surface area contributed by atoms with Crippen molar-refractivity contribution < 1.29 is 9.47 Å². The third-order valence-corrected chi connectivity index (χ3v) is 6.86. The van der Waals surface area contributed by atoms with E-state index in [-0.39, 0.29) is 6.29 Å². The second-order valence-electron chi connectivity index (χ2n) is 8.91. The van der Waals surface area contributed by atoms with Gasteiger partial charge in [-0.15, -0.1) is 0 Å². The number of ether oxygens (including phenoxy) is 2. The van der Waals surface area contributed by atoms with Crippen LogP contribution in [-0.4, -0.2) is 19.5 Å². The average molecular weight is 334 g/mol. The molecule has 1 saturated heterocycles. The lowest BCUT2D eigenvalue weighted by Crippen LogP contribution is -2.43. The summed E-state index contributed by atoms with van der Waals surface area (Å²) in [4.78, 5) is 0. The molecule has 0 unspecified atom stereocenters. The SMILES string of the molecule is CCC[C@H]1CC[C@H]([C@H]2CC[C@@H]([C@H]3OC[C@](C)(C#N)CO3)CC2)CC1. The lowest BCUT2D eigenvalue weighted by atomic mass is 9.68. The van der Waals surface area contributed by atoms with E-state index in [9.17, 15) is 0 Å². The van der Waals surface area contributed by atoms with Crippen LogP contribution >= 0.6 is 0 Å². The van der Waals surface area contributed by atoms with Crippen molar-refractivity contribution in [2.75, 3.05) is 13.2 Å². The number of hydrogen-bond donors (Lipinski definition) is 0. The lowest BCUT2D eigenvalue weighted by Gasteiger charge is -2.41. The monoisotopic (exact) mass is 333 g/mol. The molecule has 0 radical (unpaired) electrons. The van der Waals surface area contributed by atoms with E-state index in [1.807, 2.05) is 6.92 Å². The first-order valence-corrected chi connectivity index (χ1v) is 10.3. The van der Waals surface area contributed by atoms with Crippen molar-refractivity contribution in [1.29, 1.82) is 5.26 Å². The minimum atomic E-state index is -0.454. The Morgan fingerprint density at radius 1 is 0.875 bits per heavy atom. The van der Waals surface area contributed by atoms with Crippen molar-refractivity contribution in [2.45, 2.75) is 84.3 Å². The minimum absolute atomic E-state index is 0.0623. The summed E-state index contributed by atoms with van der Waals surface area (Å²) in [6.07, 6.45) is 13.8. The standard InChI is InChI=1S/C21H35NO2/c1-3-4-16-5-7-17(8-6-16)18-9-11-19(12-10-18)20-23-14-21(2,13-22)15-24-20/h16-20H,3-12,14-15H2,1-2H3/t16-,17-,18-,19+,20-,21-. The molecular weight excluding hydrogens is 298 g/mol. The van der Waals surface area contributed by atoms with Gasteiger partial charge in [-0.2, -0.15) is 5.26 Å². The predicted molar refractivity (Wildman–Crippen MR) is 95.2 cm³/mol. The second kappa shape index (κ2) is 8.19. The van der Waals surface area contributed by atoms with E-state index in [1.165, 1.54) is 64.2 Å². The van der Waals surface area contributed by atoms with Gasteiger partial charge in [0.15, 0.2) is 6.29 Å². The molecule has 3 rings (SSSR count). The van der Waals surface area contributed by atoms with Crippen LogP contribution in [0.4, 0.5) is 0 Å². The summed E-state index contributed by atoms with van der Waals surface area (Å²) in [5.74, 6) is 3.48. The summed E-state index contributed by atoms with van der Waals surface area (Å²) in [5.41, 5.74) is -0.454. The van der Waals surface area contributed by atoms with Gasteiger partial charge in [-0.25, -0.2) is 0 Å². The first-order chi connectivity index (χ1) is 11.6. The highest BCUT2D eigenvalue weighted by molar-refractivity contribution is 4.97.